The van der Waals surface area contributed by atoms with E-state index >= 15 is 0 Å². The zero-order chi connectivity index (χ0) is 12.7. The Morgan fingerprint density at radius 2 is 2.29 bits per heavy atom. The van der Waals surface area contributed by atoms with Crippen molar-refractivity contribution in [1.29, 1.82) is 0 Å². The van der Waals surface area contributed by atoms with Crippen molar-refractivity contribution in [3.63, 3.8) is 0 Å². The lowest BCUT2D eigenvalue weighted by Crippen LogP contribution is -2.46. The van der Waals surface area contributed by atoms with E-state index in [-0.39, 0.29) is 12.0 Å². The van der Waals surface area contributed by atoms with Crippen LogP contribution < -0.4 is 5.32 Å². The van der Waals surface area contributed by atoms with E-state index in [1.807, 2.05) is 4.90 Å². The van der Waals surface area contributed by atoms with Gasteiger partial charge in [-0.3, -0.25) is 4.79 Å². The fourth-order valence-corrected chi connectivity index (χ4v) is 2.03. The summed E-state index contributed by atoms with van der Waals surface area (Å²) >= 11 is 0. The molecule has 1 aliphatic heterocycles. The van der Waals surface area contributed by atoms with Gasteiger partial charge >= 0.3 is 0 Å². The zero-order valence-electron chi connectivity index (χ0n) is 11.1. The van der Waals surface area contributed by atoms with Gasteiger partial charge in [-0.2, -0.15) is 0 Å². The van der Waals surface area contributed by atoms with E-state index in [1.54, 1.807) is 21.1 Å². The molecule has 5 nitrogen and oxygen atoms in total. The number of carbonyl (C=O) groups is 1. The Morgan fingerprint density at radius 1 is 1.53 bits per heavy atom. The Hall–Kier alpha value is -0.650. The minimum atomic E-state index is -0.381. The predicted octanol–water partition coefficient (Wildman–Crippen LogP) is 0.248. The molecule has 0 aromatic carbocycles. The minimum absolute atomic E-state index is 0.0400. The van der Waals surface area contributed by atoms with Crippen LogP contribution in [0.25, 0.3) is 0 Å². The molecule has 0 bridgehead atoms. The first-order valence-corrected chi connectivity index (χ1v) is 6.23. The lowest BCUT2D eigenvalue weighted by molar-refractivity contribution is -0.141. The number of ether oxygens (including phenoxy) is 2. The normalized spacial score (nSPS) is 21.5. The van der Waals surface area contributed by atoms with Gasteiger partial charge in [-0.05, 0) is 26.3 Å². The molecule has 0 aromatic rings. The highest BCUT2D eigenvalue weighted by Crippen LogP contribution is 2.08. The summed E-state index contributed by atoms with van der Waals surface area (Å²) in [6.45, 7) is 4.77. The molecule has 0 saturated carbocycles. The van der Waals surface area contributed by atoms with Gasteiger partial charge in [-0.15, -0.1) is 0 Å². The number of nitrogens with one attached hydrogen (secondary N) is 1. The number of nitrogens with zero attached hydrogens (tertiary/aromatic N) is 1. The maximum atomic E-state index is 12.1. The average molecular weight is 244 g/mol. The van der Waals surface area contributed by atoms with E-state index in [0.29, 0.717) is 19.2 Å². The van der Waals surface area contributed by atoms with Crippen LogP contribution in [0.4, 0.5) is 0 Å². The number of hydrogen-bond acceptors (Lipinski definition) is 4. The highest BCUT2D eigenvalue weighted by molar-refractivity contribution is 5.80. The molecule has 100 valence electrons. The van der Waals surface area contributed by atoms with Crippen LogP contribution in [-0.4, -0.2) is 63.4 Å². The smallest absolute Gasteiger partial charge is 0.251 e. The van der Waals surface area contributed by atoms with Crippen LogP contribution in [0.5, 0.6) is 0 Å². The summed E-state index contributed by atoms with van der Waals surface area (Å²) in [6, 6.07) is 0.417. The third-order valence-electron chi connectivity index (χ3n) is 3.18. The summed E-state index contributed by atoms with van der Waals surface area (Å²) < 4.78 is 10.1. The molecule has 1 heterocycles. The van der Waals surface area contributed by atoms with Crippen LogP contribution in [-0.2, 0) is 14.3 Å². The van der Waals surface area contributed by atoms with E-state index in [9.17, 15) is 4.79 Å². The second kappa shape index (κ2) is 7.63. The Kier molecular flexibility index (Phi) is 6.47. The van der Waals surface area contributed by atoms with E-state index in [4.69, 9.17) is 9.47 Å². The van der Waals surface area contributed by atoms with Crippen LogP contribution >= 0.6 is 0 Å². The second-order valence-electron chi connectivity index (χ2n) is 4.45. The Balaban J connectivity index is 2.48. The molecule has 1 amide bonds. The molecule has 2 atom stereocenters. The highest BCUT2D eigenvalue weighted by atomic mass is 16.5. The first-order chi connectivity index (χ1) is 8.19. The average Bonchev–Trinajstić information content (AvgIpc) is 2.85. The fourth-order valence-electron chi connectivity index (χ4n) is 2.03. The van der Waals surface area contributed by atoms with Gasteiger partial charge in [0.25, 0.3) is 5.91 Å². The van der Waals surface area contributed by atoms with E-state index in [1.165, 1.54) is 6.42 Å². The largest absolute Gasteiger partial charge is 0.383 e. The first-order valence-electron chi connectivity index (χ1n) is 6.23. The standard InChI is InChI=1S/C12H24N2O3/c1-10(17-3)12(15)14(7-8-16-2)9-11-5-4-6-13-11/h10-11,13H,4-9H2,1-3H3. The molecule has 1 saturated heterocycles. The van der Waals surface area contributed by atoms with Crippen molar-refractivity contribution in [2.75, 3.05) is 40.5 Å². The summed E-state index contributed by atoms with van der Waals surface area (Å²) in [6.07, 6.45) is 1.95. The molecule has 1 N–H and O–H groups in total. The molecule has 1 fully saturated rings. The number of rotatable bonds is 7. The van der Waals surface area contributed by atoms with Gasteiger partial charge in [0.05, 0.1) is 6.61 Å². The molecule has 5 heteroatoms. The van der Waals surface area contributed by atoms with Crippen LogP contribution in [0.2, 0.25) is 0 Å². The van der Waals surface area contributed by atoms with E-state index in [2.05, 4.69) is 5.32 Å². The summed E-state index contributed by atoms with van der Waals surface area (Å²) in [5.74, 6) is 0.0400. The van der Waals surface area contributed by atoms with Gasteiger partial charge in [-0.1, -0.05) is 0 Å². The van der Waals surface area contributed by atoms with Gasteiger partial charge in [0.15, 0.2) is 0 Å². The predicted molar refractivity (Wildman–Crippen MR) is 66.0 cm³/mol. The third kappa shape index (κ3) is 4.61. The monoisotopic (exact) mass is 244 g/mol. The first kappa shape index (κ1) is 14.4. The zero-order valence-corrected chi connectivity index (χ0v) is 11.1. The minimum Gasteiger partial charge on any atom is -0.383 e. The van der Waals surface area contributed by atoms with Crippen molar-refractivity contribution in [3.05, 3.63) is 0 Å². The molecule has 1 aliphatic rings. The summed E-state index contributed by atoms with van der Waals surface area (Å²) in [4.78, 5) is 13.9. The lowest BCUT2D eigenvalue weighted by atomic mass is 10.2. The lowest BCUT2D eigenvalue weighted by Gasteiger charge is -2.27. The van der Waals surface area contributed by atoms with Crippen molar-refractivity contribution < 1.29 is 14.3 Å². The summed E-state index contributed by atoms with van der Waals surface area (Å²) in [7, 11) is 3.21. The number of amides is 1. The van der Waals surface area contributed by atoms with Gasteiger partial charge in [0.1, 0.15) is 6.10 Å². The summed E-state index contributed by atoms with van der Waals surface area (Å²) in [5.41, 5.74) is 0. The SMILES string of the molecule is COCCN(CC1CCCN1)C(=O)C(C)OC. The van der Waals surface area contributed by atoms with Crippen molar-refractivity contribution in [2.45, 2.75) is 31.9 Å². The fraction of sp³-hybridized carbons (Fsp3) is 0.917. The third-order valence-corrected chi connectivity index (χ3v) is 3.18. The molecule has 1 rings (SSSR count). The molecule has 0 radical (unpaired) electrons. The van der Waals surface area contributed by atoms with Crippen LogP contribution in [0.1, 0.15) is 19.8 Å². The van der Waals surface area contributed by atoms with Crippen LogP contribution in [0, 0.1) is 0 Å². The van der Waals surface area contributed by atoms with Gasteiger partial charge in [0, 0.05) is 33.4 Å². The molecule has 17 heavy (non-hydrogen) atoms. The van der Waals surface area contributed by atoms with Crippen LogP contribution in [0.15, 0.2) is 0 Å². The van der Waals surface area contributed by atoms with Crippen molar-refractivity contribution >= 4 is 5.91 Å². The Bertz CT molecular complexity index is 230. The molecule has 0 aromatic heterocycles. The number of carbonyl (C=O) groups excluding carboxylic acids is 1. The molecular weight excluding hydrogens is 220 g/mol. The van der Waals surface area contributed by atoms with Crippen molar-refractivity contribution in [1.82, 2.24) is 10.2 Å². The molecular formula is C12H24N2O3. The van der Waals surface area contributed by atoms with Crippen molar-refractivity contribution in [2.24, 2.45) is 0 Å². The van der Waals surface area contributed by atoms with Gasteiger partial charge < -0.3 is 19.7 Å². The molecule has 0 spiro atoms. The van der Waals surface area contributed by atoms with Crippen LogP contribution in [0.3, 0.4) is 0 Å². The Labute approximate surface area is 103 Å². The number of hydrogen-bond donors (Lipinski definition) is 1. The van der Waals surface area contributed by atoms with Gasteiger partial charge in [0.2, 0.25) is 0 Å². The Morgan fingerprint density at radius 3 is 2.82 bits per heavy atom. The van der Waals surface area contributed by atoms with E-state index < -0.39 is 0 Å². The quantitative estimate of drug-likeness (QED) is 0.697. The topological polar surface area (TPSA) is 50.8 Å². The maximum absolute atomic E-state index is 12.1. The highest BCUT2D eigenvalue weighted by Gasteiger charge is 2.24. The summed E-state index contributed by atoms with van der Waals surface area (Å²) in [5, 5.41) is 3.40. The van der Waals surface area contributed by atoms with Crippen molar-refractivity contribution in [3.8, 4) is 0 Å². The van der Waals surface area contributed by atoms with E-state index in [0.717, 1.165) is 19.5 Å². The molecule has 2 unspecified atom stereocenters. The maximum Gasteiger partial charge on any atom is 0.251 e. The molecule has 0 aliphatic carbocycles. The number of methoxy groups -OCH3 is 2. The second-order valence-corrected chi connectivity index (χ2v) is 4.45. The van der Waals surface area contributed by atoms with Gasteiger partial charge in [-0.25, -0.2) is 0 Å².